The van der Waals surface area contributed by atoms with Crippen LogP contribution in [0, 0.1) is 5.82 Å². The summed E-state index contributed by atoms with van der Waals surface area (Å²) in [4.78, 5) is 42.3. The van der Waals surface area contributed by atoms with Crippen molar-refractivity contribution in [2.75, 3.05) is 6.54 Å². The summed E-state index contributed by atoms with van der Waals surface area (Å²) in [5.41, 5.74) is 2.32. The monoisotopic (exact) mass is 452 g/mol. The van der Waals surface area contributed by atoms with Gasteiger partial charge in [0.1, 0.15) is 11.4 Å². The van der Waals surface area contributed by atoms with Crippen LogP contribution in [-0.2, 0) is 4.79 Å². The third-order valence-corrected chi connectivity index (χ3v) is 4.78. The SMILES string of the molecule is CC(NC(=O)c1cnc(C(=O)NCCC(=O)O)nc1O)c1ccc(-c2ccc(F)cc2)cc1. The van der Waals surface area contributed by atoms with E-state index in [4.69, 9.17) is 5.11 Å². The minimum Gasteiger partial charge on any atom is -0.493 e. The molecule has 1 unspecified atom stereocenters. The first-order valence-corrected chi connectivity index (χ1v) is 9.97. The molecule has 0 radical (unpaired) electrons. The first-order valence-electron chi connectivity index (χ1n) is 9.97. The molecular weight excluding hydrogens is 431 g/mol. The highest BCUT2D eigenvalue weighted by atomic mass is 19.1. The van der Waals surface area contributed by atoms with Gasteiger partial charge in [0, 0.05) is 12.7 Å². The van der Waals surface area contributed by atoms with Crippen LogP contribution in [0.15, 0.2) is 54.7 Å². The van der Waals surface area contributed by atoms with Crippen LogP contribution in [-0.4, -0.2) is 44.5 Å². The maximum Gasteiger partial charge on any atom is 0.305 e. The second-order valence-electron chi connectivity index (χ2n) is 7.15. The Kier molecular flexibility index (Phi) is 7.29. The van der Waals surface area contributed by atoms with Crippen LogP contribution in [0.1, 0.15) is 45.9 Å². The molecule has 33 heavy (non-hydrogen) atoms. The molecule has 2 amide bonds. The molecule has 0 aliphatic carbocycles. The molecule has 0 fully saturated rings. The molecule has 9 nitrogen and oxygen atoms in total. The molecule has 170 valence electrons. The van der Waals surface area contributed by atoms with Crippen molar-refractivity contribution in [1.82, 2.24) is 20.6 Å². The fourth-order valence-corrected chi connectivity index (χ4v) is 2.97. The normalized spacial score (nSPS) is 11.5. The number of benzene rings is 2. The van der Waals surface area contributed by atoms with Crippen LogP contribution in [0.4, 0.5) is 4.39 Å². The molecule has 3 aromatic rings. The fraction of sp³-hybridized carbons (Fsp3) is 0.174. The molecule has 3 rings (SSSR count). The lowest BCUT2D eigenvalue weighted by atomic mass is 10.0. The van der Waals surface area contributed by atoms with E-state index < -0.39 is 29.7 Å². The number of carboxylic acid groups (broad SMARTS) is 1. The van der Waals surface area contributed by atoms with Crippen LogP contribution in [0.2, 0.25) is 0 Å². The lowest BCUT2D eigenvalue weighted by Gasteiger charge is -2.15. The minimum atomic E-state index is -1.08. The number of hydrogen-bond donors (Lipinski definition) is 4. The van der Waals surface area contributed by atoms with Gasteiger partial charge < -0.3 is 20.8 Å². The number of halogens is 1. The molecule has 1 aromatic heterocycles. The number of carbonyl (C=O) groups excluding carboxylic acids is 2. The van der Waals surface area contributed by atoms with E-state index in [1.54, 1.807) is 19.1 Å². The predicted octanol–water partition coefficient (Wildman–Crippen LogP) is 2.68. The number of rotatable bonds is 8. The number of nitrogens with zero attached hydrogens (tertiary/aromatic N) is 2. The Morgan fingerprint density at radius 2 is 1.61 bits per heavy atom. The van der Waals surface area contributed by atoms with Gasteiger partial charge in [-0.1, -0.05) is 36.4 Å². The second-order valence-corrected chi connectivity index (χ2v) is 7.15. The molecule has 2 aromatic carbocycles. The van der Waals surface area contributed by atoms with Gasteiger partial charge in [0.05, 0.1) is 12.5 Å². The highest BCUT2D eigenvalue weighted by molar-refractivity contribution is 5.97. The van der Waals surface area contributed by atoms with Crippen LogP contribution in [0.5, 0.6) is 5.88 Å². The van der Waals surface area contributed by atoms with E-state index in [0.717, 1.165) is 22.9 Å². The van der Waals surface area contributed by atoms with Crippen LogP contribution < -0.4 is 10.6 Å². The number of carboxylic acids is 1. The molecule has 0 bridgehead atoms. The van der Waals surface area contributed by atoms with Gasteiger partial charge in [-0.2, -0.15) is 4.98 Å². The summed E-state index contributed by atoms with van der Waals surface area (Å²) in [5, 5.41) is 23.7. The van der Waals surface area contributed by atoms with Crippen molar-refractivity contribution in [3.8, 4) is 17.0 Å². The summed E-state index contributed by atoms with van der Waals surface area (Å²) in [5.74, 6) is -3.87. The summed E-state index contributed by atoms with van der Waals surface area (Å²) >= 11 is 0. The molecule has 0 spiro atoms. The van der Waals surface area contributed by atoms with E-state index in [1.807, 2.05) is 24.3 Å². The molecule has 0 aliphatic rings. The number of aromatic nitrogens is 2. The Morgan fingerprint density at radius 1 is 1.00 bits per heavy atom. The standard InChI is InChI=1S/C23H21FN4O5/c1-13(14-2-4-15(5-3-14)16-6-8-17(24)9-7-16)27-21(31)18-12-26-20(28-22(18)32)23(33)25-11-10-19(29)30/h2-9,12-13H,10-11H2,1H3,(H,25,33)(H,27,31)(H,29,30)(H,26,28,32). The van der Waals surface area contributed by atoms with Gasteiger partial charge in [0.25, 0.3) is 11.8 Å². The second kappa shape index (κ2) is 10.3. The zero-order valence-corrected chi connectivity index (χ0v) is 17.6. The molecule has 10 heteroatoms. The molecule has 4 N–H and O–H groups in total. The number of amides is 2. The maximum atomic E-state index is 13.1. The number of nitrogens with one attached hydrogen (secondary N) is 2. The van der Waals surface area contributed by atoms with Crippen molar-refractivity contribution in [1.29, 1.82) is 0 Å². The number of carbonyl (C=O) groups is 3. The third-order valence-electron chi connectivity index (χ3n) is 4.78. The van der Waals surface area contributed by atoms with Crippen LogP contribution in [0.25, 0.3) is 11.1 Å². The van der Waals surface area contributed by atoms with E-state index in [-0.39, 0.29) is 30.2 Å². The summed E-state index contributed by atoms with van der Waals surface area (Å²) in [6, 6.07) is 13.0. The van der Waals surface area contributed by atoms with Gasteiger partial charge >= 0.3 is 5.97 Å². The van der Waals surface area contributed by atoms with E-state index in [9.17, 15) is 23.9 Å². The number of aromatic hydroxyl groups is 1. The minimum absolute atomic E-state index is 0.127. The van der Waals surface area contributed by atoms with Crippen LogP contribution in [0.3, 0.4) is 0 Å². The highest BCUT2D eigenvalue weighted by Crippen LogP contribution is 2.23. The van der Waals surface area contributed by atoms with Gasteiger partial charge in [-0.25, -0.2) is 9.37 Å². The number of hydrogen-bond acceptors (Lipinski definition) is 6. The topological polar surface area (TPSA) is 142 Å². The Bertz CT molecular complexity index is 1170. The third kappa shape index (κ3) is 6.10. The molecule has 0 saturated heterocycles. The zero-order valence-electron chi connectivity index (χ0n) is 17.6. The van der Waals surface area contributed by atoms with Crippen LogP contribution >= 0.6 is 0 Å². The largest absolute Gasteiger partial charge is 0.493 e. The van der Waals surface area contributed by atoms with E-state index in [2.05, 4.69) is 20.6 Å². The smallest absolute Gasteiger partial charge is 0.305 e. The van der Waals surface area contributed by atoms with E-state index >= 15 is 0 Å². The van der Waals surface area contributed by atoms with Crippen molar-refractivity contribution in [3.63, 3.8) is 0 Å². The average molecular weight is 452 g/mol. The Hall–Kier alpha value is -4.34. The Balaban J connectivity index is 1.63. The molecule has 0 saturated carbocycles. The lowest BCUT2D eigenvalue weighted by molar-refractivity contribution is -0.136. The van der Waals surface area contributed by atoms with Crippen molar-refractivity contribution in [3.05, 3.63) is 77.5 Å². The average Bonchev–Trinajstić information content (AvgIpc) is 2.79. The summed E-state index contributed by atoms with van der Waals surface area (Å²) in [6.07, 6.45) is 0.745. The molecule has 0 aliphatic heterocycles. The maximum absolute atomic E-state index is 13.1. The van der Waals surface area contributed by atoms with Crippen molar-refractivity contribution in [2.24, 2.45) is 0 Å². The Morgan fingerprint density at radius 3 is 2.18 bits per heavy atom. The first-order chi connectivity index (χ1) is 15.7. The quantitative estimate of drug-likeness (QED) is 0.412. The van der Waals surface area contributed by atoms with E-state index in [1.165, 1.54) is 12.1 Å². The molecule has 1 atom stereocenters. The van der Waals surface area contributed by atoms with Gasteiger partial charge in [0.2, 0.25) is 11.7 Å². The first kappa shape index (κ1) is 23.3. The highest BCUT2D eigenvalue weighted by Gasteiger charge is 2.19. The van der Waals surface area contributed by atoms with Crippen molar-refractivity contribution >= 4 is 17.8 Å². The van der Waals surface area contributed by atoms with Gasteiger partial charge in [-0.3, -0.25) is 14.4 Å². The van der Waals surface area contributed by atoms with Crippen molar-refractivity contribution in [2.45, 2.75) is 19.4 Å². The van der Waals surface area contributed by atoms with Gasteiger partial charge in [-0.05, 0) is 35.7 Å². The van der Waals surface area contributed by atoms with E-state index in [0.29, 0.717) is 0 Å². The number of aliphatic carboxylic acids is 1. The fourth-order valence-electron chi connectivity index (χ4n) is 2.97. The van der Waals surface area contributed by atoms with Gasteiger partial charge in [-0.15, -0.1) is 0 Å². The Labute approximate surface area is 188 Å². The molecular formula is C23H21FN4O5. The zero-order chi connectivity index (χ0) is 24.0. The van der Waals surface area contributed by atoms with Crippen molar-refractivity contribution < 1.29 is 29.0 Å². The summed E-state index contributed by atoms with van der Waals surface area (Å²) in [7, 11) is 0. The summed E-state index contributed by atoms with van der Waals surface area (Å²) in [6.45, 7) is 1.63. The lowest BCUT2D eigenvalue weighted by Crippen LogP contribution is -2.29. The predicted molar refractivity (Wildman–Crippen MR) is 116 cm³/mol. The summed E-state index contributed by atoms with van der Waals surface area (Å²) < 4.78 is 13.1. The van der Waals surface area contributed by atoms with Gasteiger partial charge in [0.15, 0.2) is 0 Å². The molecule has 1 heterocycles.